The number of carbonyl (C=O) groups is 3. The Hall–Kier alpha value is -1.65. The van der Waals surface area contributed by atoms with Crippen molar-refractivity contribution >= 4 is 17.7 Å². The van der Waals surface area contributed by atoms with Crippen molar-refractivity contribution in [1.82, 2.24) is 0 Å². The third kappa shape index (κ3) is 2.17. The minimum atomic E-state index is -1.05. The van der Waals surface area contributed by atoms with Gasteiger partial charge in [-0.25, -0.2) is 0 Å². The minimum absolute atomic E-state index is 0.0448. The summed E-state index contributed by atoms with van der Waals surface area (Å²) in [6, 6.07) is 0. The van der Waals surface area contributed by atoms with Gasteiger partial charge in [0.1, 0.15) is 23.4 Å². The first-order valence-electron chi connectivity index (χ1n) is 6.42. The molecule has 19 heavy (non-hydrogen) atoms. The molecule has 1 aliphatic carbocycles. The lowest BCUT2D eigenvalue weighted by Crippen LogP contribution is -2.49. The zero-order chi connectivity index (χ0) is 14.2. The lowest BCUT2D eigenvalue weighted by Gasteiger charge is -2.38. The van der Waals surface area contributed by atoms with Crippen LogP contribution in [0.3, 0.4) is 0 Å². The minimum Gasteiger partial charge on any atom is -0.462 e. The largest absolute Gasteiger partial charge is 0.462 e. The molecule has 104 valence electrons. The lowest BCUT2D eigenvalue weighted by molar-refractivity contribution is -0.164. The van der Waals surface area contributed by atoms with E-state index >= 15 is 0 Å². The summed E-state index contributed by atoms with van der Waals surface area (Å²) in [6.07, 6.45) is 3.29. The van der Waals surface area contributed by atoms with Crippen LogP contribution < -0.4 is 0 Å². The molecule has 0 bridgehead atoms. The first-order valence-corrected chi connectivity index (χ1v) is 6.42. The van der Waals surface area contributed by atoms with Crippen LogP contribution in [0.1, 0.15) is 33.6 Å². The van der Waals surface area contributed by atoms with E-state index in [1.807, 2.05) is 13.0 Å². The molecule has 0 aromatic rings. The summed E-state index contributed by atoms with van der Waals surface area (Å²) in [5.74, 6) is -1.14. The fourth-order valence-corrected chi connectivity index (χ4v) is 3.22. The average molecular weight is 266 g/mol. The van der Waals surface area contributed by atoms with Gasteiger partial charge in [-0.05, 0) is 26.3 Å². The third-order valence-corrected chi connectivity index (χ3v) is 3.94. The first kappa shape index (κ1) is 13.8. The van der Waals surface area contributed by atoms with E-state index < -0.39 is 23.5 Å². The Morgan fingerprint density at radius 1 is 1.47 bits per heavy atom. The number of rotatable bonds is 3. The maximum atomic E-state index is 12.3. The Morgan fingerprint density at radius 3 is 2.74 bits per heavy atom. The molecule has 0 N–H and O–H groups in total. The number of hydrogen-bond donors (Lipinski definition) is 0. The molecule has 0 aromatic heterocycles. The van der Waals surface area contributed by atoms with Gasteiger partial charge in [0.25, 0.3) is 0 Å². The Balaban J connectivity index is 2.44. The van der Waals surface area contributed by atoms with E-state index in [2.05, 4.69) is 0 Å². The van der Waals surface area contributed by atoms with Crippen LogP contribution >= 0.6 is 0 Å². The molecule has 0 spiro atoms. The van der Waals surface area contributed by atoms with Crippen molar-refractivity contribution in [1.29, 1.82) is 0 Å². The predicted molar refractivity (Wildman–Crippen MR) is 66.1 cm³/mol. The summed E-state index contributed by atoms with van der Waals surface area (Å²) in [4.78, 5) is 35.1. The van der Waals surface area contributed by atoms with Crippen molar-refractivity contribution in [2.45, 2.75) is 45.8 Å². The van der Waals surface area contributed by atoms with Gasteiger partial charge in [0.05, 0.1) is 0 Å². The van der Waals surface area contributed by atoms with Gasteiger partial charge in [0.15, 0.2) is 0 Å². The highest BCUT2D eigenvalue weighted by Gasteiger charge is 2.62. The fraction of sp³-hybridized carbons (Fsp3) is 0.643. The standard InChI is InChI=1S/C14H18O5/c1-8(15)7-14-11(9(2)18-13(14)17)5-4-6-12(14)19-10(3)16/h4,6,9,11-12H,5,7H2,1-3H3/t9-,11+,12-,14-/m1/s1. The van der Waals surface area contributed by atoms with Gasteiger partial charge in [-0.15, -0.1) is 0 Å². The van der Waals surface area contributed by atoms with E-state index in [0.29, 0.717) is 6.42 Å². The summed E-state index contributed by atoms with van der Waals surface area (Å²) in [5, 5.41) is 0. The van der Waals surface area contributed by atoms with Crippen LogP contribution in [-0.4, -0.2) is 29.9 Å². The van der Waals surface area contributed by atoms with Crippen LogP contribution in [0.5, 0.6) is 0 Å². The molecule has 1 heterocycles. The maximum absolute atomic E-state index is 12.3. The van der Waals surface area contributed by atoms with Crippen molar-refractivity contribution in [3.63, 3.8) is 0 Å². The van der Waals surface area contributed by atoms with E-state index in [4.69, 9.17) is 9.47 Å². The third-order valence-electron chi connectivity index (χ3n) is 3.94. The molecule has 4 atom stereocenters. The van der Waals surface area contributed by atoms with Crippen LogP contribution in [0, 0.1) is 11.3 Å². The smallest absolute Gasteiger partial charge is 0.317 e. The van der Waals surface area contributed by atoms with Gasteiger partial charge in [-0.2, -0.15) is 0 Å². The second-order valence-electron chi connectivity index (χ2n) is 5.33. The molecule has 0 amide bonds. The molecule has 1 saturated heterocycles. The summed E-state index contributed by atoms with van der Waals surface area (Å²) < 4.78 is 10.6. The highest BCUT2D eigenvalue weighted by molar-refractivity contribution is 5.89. The monoisotopic (exact) mass is 266 g/mol. The zero-order valence-electron chi connectivity index (χ0n) is 11.3. The van der Waals surface area contributed by atoms with E-state index in [1.54, 1.807) is 6.08 Å². The number of ketones is 1. The fourth-order valence-electron chi connectivity index (χ4n) is 3.22. The van der Waals surface area contributed by atoms with Gasteiger partial charge in [0, 0.05) is 19.3 Å². The molecule has 2 aliphatic rings. The number of allylic oxidation sites excluding steroid dienone is 1. The van der Waals surface area contributed by atoms with Crippen molar-refractivity contribution in [2.75, 3.05) is 0 Å². The van der Waals surface area contributed by atoms with Crippen molar-refractivity contribution in [3.05, 3.63) is 12.2 Å². The van der Waals surface area contributed by atoms with Crippen LogP contribution in [0.2, 0.25) is 0 Å². The van der Waals surface area contributed by atoms with Crippen molar-refractivity contribution in [2.24, 2.45) is 11.3 Å². The number of cyclic esters (lactones) is 1. The number of esters is 2. The van der Waals surface area contributed by atoms with Gasteiger partial charge in [-0.1, -0.05) is 6.08 Å². The maximum Gasteiger partial charge on any atom is 0.317 e. The predicted octanol–water partition coefficient (Wildman–Crippen LogP) is 1.41. The number of fused-ring (bicyclic) bond motifs is 1. The average Bonchev–Trinajstić information content (AvgIpc) is 2.52. The number of hydrogen-bond acceptors (Lipinski definition) is 5. The topological polar surface area (TPSA) is 69.7 Å². The van der Waals surface area contributed by atoms with Gasteiger partial charge >= 0.3 is 11.9 Å². The summed E-state index contributed by atoms with van der Waals surface area (Å²) in [7, 11) is 0. The number of Topliss-reactive ketones (excluding diaryl/α,β-unsaturated/α-hetero) is 1. The molecular formula is C14H18O5. The molecule has 2 rings (SSSR count). The Bertz CT molecular complexity index is 453. The molecule has 0 saturated carbocycles. The second kappa shape index (κ2) is 4.79. The molecule has 5 heteroatoms. The second-order valence-corrected chi connectivity index (χ2v) is 5.33. The molecule has 0 radical (unpaired) electrons. The Labute approximate surface area is 111 Å². The number of ether oxygens (including phenoxy) is 2. The van der Waals surface area contributed by atoms with Crippen LogP contribution in [0.4, 0.5) is 0 Å². The molecule has 1 aliphatic heterocycles. The van der Waals surface area contributed by atoms with Crippen LogP contribution in [0.15, 0.2) is 12.2 Å². The number of carbonyl (C=O) groups excluding carboxylic acids is 3. The van der Waals surface area contributed by atoms with E-state index in [1.165, 1.54) is 13.8 Å². The SMILES string of the molecule is CC(=O)C[C@@]12C(=O)O[C@H](C)[C@@H]1CC=C[C@H]2OC(C)=O. The summed E-state index contributed by atoms with van der Waals surface area (Å²) in [6.45, 7) is 4.54. The van der Waals surface area contributed by atoms with E-state index in [9.17, 15) is 14.4 Å². The summed E-state index contributed by atoms with van der Waals surface area (Å²) in [5.41, 5.74) is -1.05. The van der Waals surface area contributed by atoms with Gasteiger partial charge in [0.2, 0.25) is 0 Å². The molecular weight excluding hydrogens is 248 g/mol. The molecule has 0 unspecified atom stereocenters. The normalized spacial score (nSPS) is 36.6. The highest BCUT2D eigenvalue weighted by atomic mass is 16.6. The lowest BCUT2D eigenvalue weighted by atomic mass is 9.64. The van der Waals surface area contributed by atoms with Crippen LogP contribution in [-0.2, 0) is 23.9 Å². The Kier molecular flexibility index (Phi) is 3.47. The zero-order valence-corrected chi connectivity index (χ0v) is 11.3. The molecule has 0 aromatic carbocycles. The Morgan fingerprint density at radius 2 is 2.16 bits per heavy atom. The van der Waals surface area contributed by atoms with E-state index in [0.717, 1.165) is 0 Å². The quantitative estimate of drug-likeness (QED) is 0.570. The van der Waals surface area contributed by atoms with E-state index in [-0.39, 0.29) is 24.2 Å². The first-order chi connectivity index (χ1) is 8.87. The van der Waals surface area contributed by atoms with Crippen LogP contribution in [0.25, 0.3) is 0 Å². The van der Waals surface area contributed by atoms with Crippen molar-refractivity contribution in [3.8, 4) is 0 Å². The van der Waals surface area contributed by atoms with Crippen molar-refractivity contribution < 1.29 is 23.9 Å². The highest BCUT2D eigenvalue weighted by Crippen LogP contribution is 2.51. The van der Waals surface area contributed by atoms with Gasteiger partial charge < -0.3 is 9.47 Å². The molecule has 5 nitrogen and oxygen atoms in total. The van der Waals surface area contributed by atoms with Gasteiger partial charge in [-0.3, -0.25) is 14.4 Å². The molecule has 1 fully saturated rings. The summed E-state index contributed by atoms with van der Waals surface area (Å²) >= 11 is 0.